The van der Waals surface area contributed by atoms with E-state index in [0.29, 0.717) is 36.1 Å². The fourth-order valence-electron chi connectivity index (χ4n) is 3.81. The highest BCUT2D eigenvalue weighted by Gasteiger charge is 2.43. The van der Waals surface area contributed by atoms with Crippen LogP contribution in [0.4, 0.5) is 0 Å². The number of benzene rings is 2. The largest absolute Gasteiger partial charge is 0.478 e. The van der Waals surface area contributed by atoms with Crippen molar-refractivity contribution in [3.8, 4) is 0 Å². The molecule has 8 heteroatoms. The monoisotopic (exact) mass is 478 g/mol. The van der Waals surface area contributed by atoms with Crippen molar-refractivity contribution in [3.05, 3.63) is 71.8 Å². The van der Waals surface area contributed by atoms with Crippen LogP contribution in [-0.4, -0.2) is 61.2 Å². The second-order valence-electron chi connectivity index (χ2n) is 9.20. The van der Waals surface area contributed by atoms with E-state index in [4.69, 9.17) is 18.9 Å². The predicted molar refractivity (Wildman–Crippen MR) is 131 cm³/mol. The normalized spacial score (nSPS) is 21.1. The third-order valence-corrected chi connectivity index (χ3v) is 6.11. The Balaban J connectivity index is 1.38. The highest BCUT2D eigenvalue weighted by Crippen LogP contribution is 2.30. The van der Waals surface area contributed by atoms with Gasteiger partial charge in [0.15, 0.2) is 11.8 Å². The third-order valence-electron chi connectivity index (χ3n) is 6.11. The number of hydrogen-bond donors (Lipinski definition) is 0. The molecule has 8 nitrogen and oxygen atoms in total. The summed E-state index contributed by atoms with van der Waals surface area (Å²) < 4.78 is 22.9. The number of aliphatic imine (C=N–C) groups is 2. The van der Waals surface area contributed by atoms with Crippen LogP contribution in [0, 0.1) is 5.41 Å². The van der Waals surface area contributed by atoms with Gasteiger partial charge in [-0.2, -0.15) is 0 Å². The van der Waals surface area contributed by atoms with Gasteiger partial charge in [-0.25, -0.2) is 19.6 Å². The zero-order valence-electron chi connectivity index (χ0n) is 20.3. The van der Waals surface area contributed by atoms with Crippen molar-refractivity contribution in [1.82, 2.24) is 0 Å². The van der Waals surface area contributed by atoms with Crippen molar-refractivity contribution in [2.75, 3.05) is 13.2 Å². The summed E-state index contributed by atoms with van der Waals surface area (Å²) in [4.78, 5) is 34.1. The lowest BCUT2D eigenvalue weighted by molar-refractivity contribution is 0.0259. The summed E-state index contributed by atoms with van der Waals surface area (Å²) in [6.07, 6.45) is -0.930. The Morgan fingerprint density at radius 2 is 1.14 bits per heavy atom. The lowest BCUT2D eigenvalue weighted by Crippen LogP contribution is -2.34. The van der Waals surface area contributed by atoms with Crippen LogP contribution in [0.5, 0.6) is 0 Å². The van der Waals surface area contributed by atoms with E-state index in [-0.39, 0.29) is 12.1 Å². The van der Waals surface area contributed by atoms with Gasteiger partial charge in [-0.1, -0.05) is 36.4 Å². The van der Waals surface area contributed by atoms with E-state index < -0.39 is 29.6 Å². The molecule has 0 saturated carbocycles. The fraction of sp³-hybridized carbons (Fsp3) is 0.407. The molecule has 0 amide bonds. The number of carbonyl (C=O) groups is 2. The molecule has 2 heterocycles. The van der Waals surface area contributed by atoms with E-state index in [1.165, 1.54) is 0 Å². The molecule has 0 N–H and O–H groups in total. The topological polar surface area (TPSA) is 95.8 Å². The summed E-state index contributed by atoms with van der Waals surface area (Å²) in [7, 11) is 0. The molecule has 2 aliphatic heterocycles. The van der Waals surface area contributed by atoms with Gasteiger partial charge < -0.3 is 18.9 Å². The molecule has 0 saturated heterocycles. The lowest BCUT2D eigenvalue weighted by atomic mass is 9.93. The molecule has 0 bridgehead atoms. The van der Waals surface area contributed by atoms with Gasteiger partial charge in [0.1, 0.15) is 42.9 Å². The summed E-state index contributed by atoms with van der Waals surface area (Å²) >= 11 is 0. The maximum absolute atomic E-state index is 12.4. The van der Waals surface area contributed by atoms with Crippen LogP contribution in [0.25, 0.3) is 0 Å². The maximum Gasteiger partial charge on any atom is 0.338 e. The highest BCUT2D eigenvalue weighted by atomic mass is 16.6. The van der Waals surface area contributed by atoms with Crippen molar-refractivity contribution in [3.63, 3.8) is 0 Å². The van der Waals surface area contributed by atoms with Gasteiger partial charge in [-0.3, -0.25) is 0 Å². The Morgan fingerprint density at radius 1 is 0.771 bits per heavy atom. The summed E-state index contributed by atoms with van der Waals surface area (Å²) in [6.45, 7) is 8.02. The number of esters is 2. The van der Waals surface area contributed by atoms with Gasteiger partial charge in [-0.05, 0) is 52.0 Å². The number of ether oxygens (including phenoxy) is 4. The molecule has 0 aliphatic carbocycles. The van der Waals surface area contributed by atoms with Crippen LogP contribution >= 0.6 is 0 Å². The first kappa shape index (κ1) is 24.4. The van der Waals surface area contributed by atoms with Gasteiger partial charge in [0.25, 0.3) is 0 Å². The van der Waals surface area contributed by atoms with Crippen LogP contribution in [0.15, 0.2) is 70.6 Å². The second-order valence-corrected chi connectivity index (χ2v) is 9.20. The Hall–Kier alpha value is -3.68. The first-order valence-electron chi connectivity index (χ1n) is 11.7. The third kappa shape index (κ3) is 5.53. The van der Waals surface area contributed by atoms with E-state index in [2.05, 4.69) is 9.98 Å². The fourth-order valence-corrected chi connectivity index (χ4v) is 3.81. The second kappa shape index (κ2) is 10.3. The zero-order valence-corrected chi connectivity index (χ0v) is 20.3. The molecule has 4 rings (SSSR count). The van der Waals surface area contributed by atoms with Crippen molar-refractivity contribution < 1.29 is 28.5 Å². The summed E-state index contributed by atoms with van der Waals surface area (Å²) in [5, 5.41) is 0. The minimum Gasteiger partial charge on any atom is -0.478 e. The van der Waals surface area contributed by atoms with Crippen LogP contribution in [-0.2, 0) is 18.9 Å². The van der Waals surface area contributed by atoms with Gasteiger partial charge in [0.05, 0.1) is 11.1 Å². The average Bonchev–Trinajstić information content (AvgIpc) is 3.56. The van der Waals surface area contributed by atoms with Crippen LogP contribution < -0.4 is 0 Å². The Kier molecular flexibility index (Phi) is 7.19. The molecular weight excluding hydrogens is 448 g/mol. The van der Waals surface area contributed by atoms with Gasteiger partial charge in [-0.15, -0.1) is 0 Å². The molecule has 2 aliphatic rings. The van der Waals surface area contributed by atoms with Crippen molar-refractivity contribution in [2.24, 2.45) is 15.4 Å². The molecule has 4 atom stereocenters. The summed E-state index contributed by atoms with van der Waals surface area (Å²) in [6, 6.07) is 17.0. The molecule has 35 heavy (non-hydrogen) atoms. The number of nitrogens with zero attached hydrogens (tertiary/aromatic N) is 2. The van der Waals surface area contributed by atoms with Crippen molar-refractivity contribution >= 4 is 23.7 Å². The van der Waals surface area contributed by atoms with Gasteiger partial charge in [0, 0.05) is 0 Å². The molecule has 2 aromatic rings. The van der Waals surface area contributed by atoms with E-state index in [0.717, 1.165) is 0 Å². The lowest BCUT2D eigenvalue weighted by Gasteiger charge is -2.22. The quantitative estimate of drug-likeness (QED) is 0.530. The van der Waals surface area contributed by atoms with Crippen LogP contribution in [0.3, 0.4) is 0 Å². The smallest absolute Gasteiger partial charge is 0.338 e. The zero-order chi connectivity index (χ0) is 25.0. The Bertz CT molecular complexity index is 1030. The Labute approximate surface area is 205 Å². The molecule has 0 aromatic heterocycles. The molecule has 184 valence electrons. The highest BCUT2D eigenvalue weighted by molar-refractivity contribution is 6.05. The SMILES string of the molecule is C[C@@H](OC(=O)c1ccccc1)[C@H]1COC(C(C)(C)C2=N[C@@H]([C@@H](C)OC(=O)c3ccccc3)CO2)=N1. The first-order chi connectivity index (χ1) is 16.8. The average molecular weight is 479 g/mol. The molecule has 0 radical (unpaired) electrons. The van der Waals surface area contributed by atoms with Gasteiger partial charge >= 0.3 is 11.9 Å². The first-order valence-corrected chi connectivity index (χ1v) is 11.7. The summed E-state index contributed by atoms with van der Waals surface area (Å²) in [5.41, 5.74) is 0.254. The molecule has 0 unspecified atom stereocenters. The van der Waals surface area contributed by atoms with E-state index in [1.807, 2.05) is 26.0 Å². The number of rotatable bonds is 8. The Morgan fingerprint density at radius 3 is 1.51 bits per heavy atom. The minimum atomic E-state index is -0.726. The molecule has 0 spiro atoms. The van der Waals surface area contributed by atoms with Crippen LogP contribution in [0.1, 0.15) is 48.4 Å². The van der Waals surface area contributed by atoms with E-state index in [1.54, 1.807) is 62.4 Å². The predicted octanol–water partition coefficient (Wildman–Crippen LogP) is 4.10. The van der Waals surface area contributed by atoms with E-state index in [9.17, 15) is 9.59 Å². The van der Waals surface area contributed by atoms with Crippen molar-refractivity contribution in [2.45, 2.75) is 52.0 Å². The number of carbonyl (C=O) groups excluding carboxylic acids is 2. The molecule has 2 aromatic carbocycles. The van der Waals surface area contributed by atoms with Gasteiger partial charge in [0.2, 0.25) is 0 Å². The maximum atomic E-state index is 12.4. The van der Waals surface area contributed by atoms with Crippen molar-refractivity contribution in [1.29, 1.82) is 0 Å². The molecule has 0 fully saturated rings. The summed E-state index contributed by atoms with van der Waals surface area (Å²) in [5.74, 6) is 0.148. The molecular formula is C27H30N2O6. The number of hydrogen-bond acceptors (Lipinski definition) is 8. The van der Waals surface area contributed by atoms with E-state index >= 15 is 0 Å². The standard InChI is InChI=1S/C27H30N2O6/c1-17(34-23(30)19-11-7-5-8-12-19)21-15-32-25(28-21)27(3,4)26-29-22(16-33-26)18(2)35-24(31)20-13-9-6-10-14-20/h5-14,17-18,21-22H,15-16H2,1-4H3/t17-,18-,21-,22-/m1/s1. The van der Waals surface area contributed by atoms with Crippen LogP contribution in [0.2, 0.25) is 0 Å². The minimum absolute atomic E-state index is 0.295.